The number of nitrogens with zero attached hydrogens (tertiary/aromatic N) is 3. The molecule has 5 heteroatoms. The Hall–Kier alpha value is -0.850. The fourth-order valence-corrected chi connectivity index (χ4v) is 1.49. The van der Waals surface area contributed by atoms with Crippen molar-refractivity contribution in [3.05, 3.63) is 34.5 Å². The molecule has 0 fully saturated rings. The van der Waals surface area contributed by atoms with E-state index in [0.717, 1.165) is 5.56 Å². The van der Waals surface area contributed by atoms with Gasteiger partial charge in [0, 0.05) is 18.0 Å². The topological polar surface area (TPSA) is 39.3 Å². The summed E-state index contributed by atoms with van der Waals surface area (Å²) in [6.07, 6.45) is 5.13. The number of rotatable bonds is 0. The van der Waals surface area contributed by atoms with Crippen LogP contribution in [-0.4, -0.2) is 12.4 Å². The molecule has 0 aliphatic heterocycles. The van der Waals surface area contributed by atoms with Gasteiger partial charge in [-0.3, -0.25) is 7.58 Å². The molecule has 0 radical (unpaired) electrons. The first kappa shape index (κ1) is 7.78. The van der Waals surface area contributed by atoms with Crippen LogP contribution in [0.4, 0.5) is 0 Å². The van der Waals surface area contributed by atoms with Gasteiger partial charge in [-0.15, -0.1) is 0 Å². The lowest BCUT2D eigenvalue weighted by Gasteiger charge is -1.95. The molecule has 0 aliphatic carbocycles. The van der Waals surface area contributed by atoms with Crippen molar-refractivity contribution in [1.29, 1.82) is 0 Å². The van der Waals surface area contributed by atoms with Crippen LogP contribution in [0.2, 0.25) is 0 Å². The van der Waals surface area contributed by atoms with Crippen molar-refractivity contribution < 1.29 is 0 Å². The highest BCUT2D eigenvalue weighted by Gasteiger charge is 2.04. The van der Waals surface area contributed by atoms with Crippen LogP contribution in [0.1, 0.15) is 5.56 Å². The highest BCUT2D eigenvalue weighted by molar-refractivity contribution is 14.1. The van der Waals surface area contributed by atoms with Gasteiger partial charge in [0.25, 0.3) is 5.56 Å². The summed E-state index contributed by atoms with van der Waals surface area (Å²) in [7, 11) is 0. The van der Waals surface area contributed by atoms with Crippen molar-refractivity contribution in [1.82, 2.24) is 12.4 Å². The second kappa shape index (κ2) is 2.58. The Morgan fingerprint density at radius 2 is 2.25 bits per heavy atom. The molecular formula is C7H6IN3O. The van der Waals surface area contributed by atoms with Gasteiger partial charge in [-0.05, 0) is 6.92 Å². The van der Waals surface area contributed by atoms with Crippen molar-refractivity contribution in [3.8, 4) is 0 Å². The quantitative estimate of drug-likeness (QED) is 0.673. The average Bonchev–Trinajstić information content (AvgIpc) is 2.41. The van der Waals surface area contributed by atoms with Crippen molar-refractivity contribution in [3.63, 3.8) is 0 Å². The van der Waals surface area contributed by atoms with Crippen molar-refractivity contribution in [2.24, 2.45) is 0 Å². The molecule has 0 aromatic carbocycles. The van der Waals surface area contributed by atoms with Crippen LogP contribution in [0, 0.1) is 6.92 Å². The Balaban J connectivity index is 3.06. The van der Waals surface area contributed by atoms with Gasteiger partial charge in [-0.2, -0.15) is 5.10 Å². The molecule has 0 aliphatic rings. The summed E-state index contributed by atoms with van der Waals surface area (Å²) in [5.74, 6) is 0. The van der Waals surface area contributed by atoms with Crippen LogP contribution in [0.5, 0.6) is 0 Å². The molecule has 62 valence electrons. The van der Waals surface area contributed by atoms with E-state index in [9.17, 15) is 4.79 Å². The molecule has 0 bridgehead atoms. The number of hydrogen-bond donors (Lipinski definition) is 0. The highest BCUT2D eigenvalue weighted by atomic mass is 127. The van der Waals surface area contributed by atoms with E-state index in [1.54, 1.807) is 23.1 Å². The third-order valence-corrected chi connectivity index (χ3v) is 2.47. The first-order chi connectivity index (χ1) is 5.70. The number of hydrogen-bond acceptors (Lipinski definition) is 2. The molecule has 0 amide bonds. The molecule has 12 heavy (non-hydrogen) atoms. The summed E-state index contributed by atoms with van der Waals surface area (Å²) in [4.78, 5) is 11.5. The minimum atomic E-state index is -0.0203. The van der Waals surface area contributed by atoms with Crippen molar-refractivity contribution in [2.45, 2.75) is 6.92 Å². The van der Waals surface area contributed by atoms with Crippen molar-refractivity contribution in [2.75, 3.05) is 0 Å². The molecule has 0 unspecified atom stereocenters. The lowest BCUT2D eigenvalue weighted by molar-refractivity contribution is 0.931. The summed E-state index contributed by atoms with van der Waals surface area (Å²) < 4.78 is 3.11. The second-order valence-corrected chi connectivity index (χ2v) is 3.57. The molecule has 2 aromatic rings. The summed E-state index contributed by atoms with van der Waals surface area (Å²) in [5.41, 5.74) is 1.53. The van der Waals surface area contributed by atoms with Gasteiger partial charge >= 0.3 is 0 Å². The Morgan fingerprint density at radius 3 is 3.00 bits per heavy atom. The van der Waals surface area contributed by atoms with E-state index < -0.39 is 0 Å². The maximum absolute atomic E-state index is 11.5. The normalized spacial score (nSPS) is 10.8. The zero-order chi connectivity index (χ0) is 8.72. The summed E-state index contributed by atoms with van der Waals surface area (Å²) >= 11 is 1.95. The van der Waals surface area contributed by atoms with Gasteiger partial charge < -0.3 is 0 Å². The van der Waals surface area contributed by atoms with E-state index in [2.05, 4.69) is 5.10 Å². The van der Waals surface area contributed by atoms with E-state index in [1.807, 2.05) is 29.8 Å². The summed E-state index contributed by atoms with van der Waals surface area (Å²) in [5, 5.41) is 4.02. The first-order valence-corrected chi connectivity index (χ1v) is 4.38. The third-order valence-electron chi connectivity index (χ3n) is 1.71. The molecule has 0 saturated carbocycles. The molecule has 2 rings (SSSR count). The fraction of sp³-hybridized carbons (Fsp3) is 0.143. The van der Waals surface area contributed by atoms with E-state index >= 15 is 0 Å². The Morgan fingerprint density at radius 1 is 1.50 bits per heavy atom. The predicted molar refractivity (Wildman–Crippen MR) is 53.6 cm³/mol. The number of aromatic nitrogens is 3. The van der Waals surface area contributed by atoms with Gasteiger partial charge in [-0.25, -0.2) is 4.52 Å². The Kier molecular flexibility index (Phi) is 1.67. The number of fused-ring (bicyclic) bond motifs is 1. The smallest absolute Gasteiger partial charge is 0.266 e. The Bertz CT molecular complexity index is 485. The highest BCUT2D eigenvalue weighted by Crippen LogP contribution is 2.03. The largest absolute Gasteiger partial charge is 0.285 e. The van der Waals surface area contributed by atoms with Crippen molar-refractivity contribution >= 4 is 28.4 Å². The number of halogens is 1. The monoisotopic (exact) mass is 275 g/mol. The lowest BCUT2D eigenvalue weighted by atomic mass is 10.3. The van der Waals surface area contributed by atoms with Gasteiger partial charge in [-0.1, -0.05) is 0 Å². The van der Waals surface area contributed by atoms with Crippen LogP contribution < -0.4 is 5.56 Å². The zero-order valence-electron chi connectivity index (χ0n) is 6.36. The molecule has 2 heterocycles. The predicted octanol–water partition coefficient (Wildman–Crippen LogP) is 1.00. The average molecular weight is 275 g/mol. The van der Waals surface area contributed by atoms with E-state index in [-0.39, 0.29) is 5.56 Å². The fourth-order valence-electron chi connectivity index (χ4n) is 1.12. The summed E-state index contributed by atoms with van der Waals surface area (Å²) in [6.45, 7) is 1.88. The first-order valence-electron chi connectivity index (χ1n) is 3.42. The number of aryl methyl sites for hydroxylation is 1. The van der Waals surface area contributed by atoms with Gasteiger partial charge in [0.15, 0.2) is 0 Å². The summed E-state index contributed by atoms with van der Waals surface area (Å²) in [6, 6.07) is 0. The van der Waals surface area contributed by atoms with Gasteiger partial charge in [0.05, 0.1) is 29.1 Å². The van der Waals surface area contributed by atoms with Crippen LogP contribution in [0.25, 0.3) is 5.52 Å². The standard InChI is InChI=1S/C7H6IN3O/c1-5-4-9-11-3-2-10(8)7(12)6(5)11/h2-4H,1H3. The van der Waals surface area contributed by atoms with Gasteiger partial charge in [0.2, 0.25) is 0 Å². The van der Waals surface area contributed by atoms with Crippen LogP contribution in [-0.2, 0) is 0 Å². The maximum atomic E-state index is 11.5. The molecule has 0 N–H and O–H groups in total. The van der Waals surface area contributed by atoms with E-state index in [0.29, 0.717) is 5.52 Å². The zero-order valence-corrected chi connectivity index (χ0v) is 8.52. The second-order valence-electron chi connectivity index (χ2n) is 2.54. The maximum Gasteiger partial charge on any atom is 0.285 e. The third kappa shape index (κ3) is 0.961. The van der Waals surface area contributed by atoms with E-state index in [1.165, 1.54) is 2.78 Å². The van der Waals surface area contributed by atoms with Gasteiger partial charge in [0.1, 0.15) is 5.52 Å². The molecule has 0 spiro atoms. The minimum absolute atomic E-state index is 0.0203. The Labute approximate surface area is 82.3 Å². The minimum Gasteiger partial charge on any atom is -0.266 e. The van der Waals surface area contributed by atoms with Crippen LogP contribution >= 0.6 is 22.9 Å². The molecule has 0 saturated heterocycles. The van der Waals surface area contributed by atoms with Crippen LogP contribution in [0.3, 0.4) is 0 Å². The molecular weight excluding hydrogens is 269 g/mol. The molecule has 2 aromatic heterocycles. The van der Waals surface area contributed by atoms with E-state index in [4.69, 9.17) is 0 Å². The lowest BCUT2D eigenvalue weighted by Crippen LogP contribution is -2.14. The molecule has 0 atom stereocenters. The van der Waals surface area contributed by atoms with Crippen LogP contribution in [0.15, 0.2) is 23.4 Å². The molecule has 4 nitrogen and oxygen atoms in total. The SMILES string of the molecule is Cc1cnn2ccn(I)c(=O)c12.